The number of pyridine rings is 1. The zero-order valence-corrected chi connectivity index (χ0v) is 21.0. The average molecular weight is 517 g/mol. The van der Waals surface area contributed by atoms with Crippen molar-refractivity contribution in [2.75, 3.05) is 0 Å². The van der Waals surface area contributed by atoms with Crippen LogP contribution in [0.2, 0.25) is 0 Å². The van der Waals surface area contributed by atoms with E-state index in [2.05, 4.69) is 110 Å². The van der Waals surface area contributed by atoms with Crippen LogP contribution in [-0.2, 0) is 6.54 Å². The van der Waals surface area contributed by atoms with E-state index in [0.717, 1.165) is 27.5 Å². The molecule has 33 heavy (non-hydrogen) atoms. The second-order valence-electron chi connectivity index (χ2n) is 8.38. The molecule has 166 valence electrons. The number of hydrogen-bond acceptors (Lipinski definition) is 2. The highest BCUT2D eigenvalue weighted by Crippen LogP contribution is 2.42. The van der Waals surface area contributed by atoms with E-state index >= 15 is 0 Å². The number of benzene rings is 2. The van der Waals surface area contributed by atoms with Crippen LogP contribution in [0.4, 0.5) is 0 Å². The molecule has 2 aromatic heterocycles. The maximum absolute atomic E-state index is 5.86. The van der Waals surface area contributed by atoms with E-state index in [-0.39, 0.29) is 12.1 Å². The monoisotopic (exact) mass is 516 g/mol. The molecule has 5 rings (SSSR count). The summed E-state index contributed by atoms with van der Waals surface area (Å²) in [6, 6.07) is 27.3. The van der Waals surface area contributed by atoms with Crippen molar-refractivity contribution >= 4 is 33.3 Å². The Kier molecular flexibility index (Phi) is 6.04. The minimum Gasteiger partial charge on any atom is -0.352 e. The Labute approximate surface area is 208 Å². The van der Waals surface area contributed by atoms with E-state index in [1.807, 2.05) is 24.4 Å². The molecule has 1 fully saturated rings. The smallest absolute Gasteiger partial charge is 0.170 e. The van der Waals surface area contributed by atoms with Crippen molar-refractivity contribution in [3.63, 3.8) is 0 Å². The van der Waals surface area contributed by atoms with Crippen molar-refractivity contribution in [1.82, 2.24) is 19.8 Å². The molecule has 1 N–H and O–H groups in total. The Hall–Kier alpha value is -2.96. The predicted molar refractivity (Wildman–Crippen MR) is 140 cm³/mol. The third kappa shape index (κ3) is 4.21. The standard InChI is InChI=1S/C27H25BrN4S/c1-18-15-23(19(2)32(18)22-12-8-11-21(28)16-22)26-25(24-13-6-7-14-29-24)30-27(33)31(26)17-20-9-4-3-5-10-20/h3-16,25-26H,17H2,1-2H3,(H,30,33)/t25-,26+/m0/s1. The van der Waals surface area contributed by atoms with E-state index in [1.54, 1.807) is 0 Å². The van der Waals surface area contributed by atoms with Crippen molar-refractivity contribution in [1.29, 1.82) is 0 Å². The van der Waals surface area contributed by atoms with Crippen molar-refractivity contribution in [3.8, 4) is 5.69 Å². The highest BCUT2D eigenvalue weighted by molar-refractivity contribution is 9.10. The second kappa shape index (κ2) is 9.12. The lowest BCUT2D eigenvalue weighted by atomic mass is 9.96. The Bertz CT molecular complexity index is 1290. The Morgan fingerprint density at radius 3 is 2.48 bits per heavy atom. The molecular weight excluding hydrogens is 492 g/mol. The Morgan fingerprint density at radius 1 is 0.970 bits per heavy atom. The molecule has 0 spiro atoms. The van der Waals surface area contributed by atoms with Gasteiger partial charge in [-0.1, -0.05) is 58.4 Å². The summed E-state index contributed by atoms with van der Waals surface area (Å²) in [6.07, 6.45) is 1.85. The van der Waals surface area contributed by atoms with Gasteiger partial charge in [0.15, 0.2) is 5.11 Å². The van der Waals surface area contributed by atoms with Crippen LogP contribution in [0, 0.1) is 13.8 Å². The fourth-order valence-corrected chi connectivity index (χ4v) is 5.49. The number of thiocarbonyl (C=S) groups is 1. The SMILES string of the molecule is Cc1cc([C@@H]2[C@H](c3ccccn3)NC(=S)N2Cc2ccccc2)c(C)n1-c1cccc(Br)c1. The molecular formula is C27H25BrN4S. The maximum Gasteiger partial charge on any atom is 0.170 e. The van der Waals surface area contributed by atoms with E-state index in [0.29, 0.717) is 0 Å². The molecule has 0 saturated carbocycles. The van der Waals surface area contributed by atoms with Gasteiger partial charge in [0.2, 0.25) is 0 Å². The highest BCUT2D eigenvalue weighted by Gasteiger charge is 2.41. The summed E-state index contributed by atoms with van der Waals surface area (Å²) in [5.74, 6) is 0. The second-order valence-corrected chi connectivity index (χ2v) is 9.68. The maximum atomic E-state index is 5.86. The quantitative estimate of drug-likeness (QED) is 0.310. The fourth-order valence-electron chi connectivity index (χ4n) is 4.79. The van der Waals surface area contributed by atoms with Crippen LogP contribution in [0.25, 0.3) is 5.69 Å². The zero-order chi connectivity index (χ0) is 22.9. The molecule has 2 atom stereocenters. The average Bonchev–Trinajstić information content (AvgIpc) is 3.30. The minimum absolute atomic E-state index is 0.0275. The number of halogens is 1. The van der Waals surface area contributed by atoms with Gasteiger partial charge in [-0.3, -0.25) is 4.98 Å². The fraction of sp³-hybridized carbons (Fsp3) is 0.185. The van der Waals surface area contributed by atoms with Crippen molar-refractivity contribution in [2.24, 2.45) is 0 Å². The molecule has 1 aliphatic heterocycles. The van der Waals surface area contributed by atoms with Crippen LogP contribution in [0.1, 0.15) is 40.3 Å². The molecule has 3 heterocycles. The van der Waals surface area contributed by atoms with E-state index < -0.39 is 0 Å². The summed E-state index contributed by atoms with van der Waals surface area (Å²) in [5, 5.41) is 4.33. The van der Waals surface area contributed by atoms with Gasteiger partial charge in [-0.2, -0.15) is 0 Å². The molecule has 0 bridgehead atoms. The van der Waals surface area contributed by atoms with E-state index in [4.69, 9.17) is 12.2 Å². The summed E-state index contributed by atoms with van der Waals surface area (Å²) in [7, 11) is 0. The topological polar surface area (TPSA) is 33.1 Å². The molecule has 1 saturated heterocycles. The Balaban J connectivity index is 1.62. The molecule has 6 heteroatoms. The van der Waals surface area contributed by atoms with Gasteiger partial charge in [0.05, 0.1) is 17.8 Å². The number of hydrogen-bond donors (Lipinski definition) is 1. The number of rotatable bonds is 5. The van der Waals surface area contributed by atoms with Gasteiger partial charge < -0.3 is 14.8 Å². The van der Waals surface area contributed by atoms with Gasteiger partial charge in [0, 0.05) is 34.3 Å². The summed E-state index contributed by atoms with van der Waals surface area (Å²) >= 11 is 9.48. The molecule has 0 unspecified atom stereocenters. The van der Waals surface area contributed by atoms with Crippen LogP contribution in [0.15, 0.2) is 89.5 Å². The summed E-state index contributed by atoms with van der Waals surface area (Å²) in [4.78, 5) is 6.98. The predicted octanol–water partition coefficient (Wildman–Crippen LogP) is 6.42. The summed E-state index contributed by atoms with van der Waals surface area (Å²) in [6.45, 7) is 5.09. The minimum atomic E-state index is -0.0288. The highest BCUT2D eigenvalue weighted by atomic mass is 79.9. The zero-order valence-electron chi connectivity index (χ0n) is 18.6. The molecule has 0 amide bonds. The van der Waals surface area contributed by atoms with Gasteiger partial charge in [-0.25, -0.2) is 0 Å². The van der Waals surface area contributed by atoms with E-state index in [1.165, 1.54) is 22.5 Å². The lowest BCUT2D eigenvalue weighted by Gasteiger charge is -2.28. The molecule has 0 radical (unpaired) electrons. The van der Waals surface area contributed by atoms with Crippen LogP contribution in [0.5, 0.6) is 0 Å². The first kappa shape index (κ1) is 21.9. The molecule has 1 aliphatic rings. The van der Waals surface area contributed by atoms with Crippen LogP contribution in [0.3, 0.4) is 0 Å². The normalized spacial score (nSPS) is 17.9. The number of aromatic nitrogens is 2. The van der Waals surface area contributed by atoms with Crippen molar-refractivity contribution < 1.29 is 0 Å². The van der Waals surface area contributed by atoms with Gasteiger partial charge in [-0.15, -0.1) is 0 Å². The van der Waals surface area contributed by atoms with Gasteiger partial charge >= 0.3 is 0 Å². The van der Waals surface area contributed by atoms with Crippen LogP contribution < -0.4 is 5.32 Å². The van der Waals surface area contributed by atoms with Crippen molar-refractivity contribution in [3.05, 3.63) is 118 Å². The number of aryl methyl sites for hydroxylation is 1. The number of nitrogens with one attached hydrogen (secondary N) is 1. The molecule has 4 nitrogen and oxygen atoms in total. The van der Waals surface area contributed by atoms with Gasteiger partial charge in [0.25, 0.3) is 0 Å². The van der Waals surface area contributed by atoms with Gasteiger partial charge in [0.1, 0.15) is 0 Å². The third-order valence-electron chi connectivity index (χ3n) is 6.25. The van der Waals surface area contributed by atoms with Crippen LogP contribution >= 0.6 is 28.1 Å². The summed E-state index contributed by atoms with van der Waals surface area (Å²) in [5.41, 5.74) is 7.02. The van der Waals surface area contributed by atoms with Gasteiger partial charge in [-0.05, 0) is 73.6 Å². The molecule has 2 aromatic carbocycles. The number of nitrogens with zero attached hydrogens (tertiary/aromatic N) is 3. The lowest BCUT2D eigenvalue weighted by molar-refractivity contribution is 0.310. The van der Waals surface area contributed by atoms with E-state index in [9.17, 15) is 0 Å². The lowest BCUT2D eigenvalue weighted by Crippen LogP contribution is -2.29. The Morgan fingerprint density at radius 2 is 1.76 bits per heavy atom. The summed E-state index contributed by atoms with van der Waals surface area (Å²) < 4.78 is 3.38. The largest absolute Gasteiger partial charge is 0.352 e. The first-order valence-corrected chi connectivity index (χ1v) is 12.2. The third-order valence-corrected chi connectivity index (χ3v) is 7.09. The first-order chi connectivity index (χ1) is 16.0. The van der Waals surface area contributed by atoms with Crippen molar-refractivity contribution in [2.45, 2.75) is 32.5 Å². The molecule has 0 aliphatic carbocycles. The molecule has 4 aromatic rings. The first-order valence-electron chi connectivity index (χ1n) is 11.0. The van der Waals surface area contributed by atoms with Crippen LogP contribution in [-0.4, -0.2) is 19.6 Å².